The average Bonchev–Trinajstić information content (AvgIpc) is 2.45. The number of aromatic nitrogens is 1. The van der Waals surface area contributed by atoms with Gasteiger partial charge in [0.1, 0.15) is 6.29 Å². The Morgan fingerprint density at radius 1 is 1.05 bits per heavy atom. The summed E-state index contributed by atoms with van der Waals surface area (Å²) in [4.78, 5) is 15.1. The molecule has 0 aliphatic heterocycles. The fraction of sp³-hybridized carbons (Fsp3) is 0.176. The molecule has 0 saturated carbocycles. The van der Waals surface area contributed by atoms with Crippen LogP contribution in [0, 0.1) is 6.92 Å². The van der Waals surface area contributed by atoms with Crippen LogP contribution in [0.1, 0.15) is 35.4 Å². The van der Waals surface area contributed by atoms with Gasteiger partial charge >= 0.3 is 0 Å². The van der Waals surface area contributed by atoms with E-state index in [1.807, 2.05) is 68.5 Å². The average molecular weight is 251 g/mol. The van der Waals surface area contributed by atoms with Gasteiger partial charge in [-0.15, -0.1) is 0 Å². The highest BCUT2D eigenvalue weighted by Gasteiger charge is 2.01. The van der Waals surface area contributed by atoms with Crippen molar-refractivity contribution in [3.63, 3.8) is 0 Å². The molecule has 0 N–H and O–H groups in total. The van der Waals surface area contributed by atoms with Crippen molar-refractivity contribution in [1.82, 2.24) is 4.98 Å². The lowest BCUT2D eigenvalue weighted by Gasteiger charge is -2.03. The highest BCUT2D eigenvalue weighted by molar-refractivity contribution is 5.69. The summed E-state index contributed by atoms with van der Waals surface area (Å²) >= 11 is 0. The van der Waals surface area contributed by atoms with E-state index in [1.54, 1.807) is 0 Å². The Labute approximate surface area is 113 Å². The third-order valence-electron chi connectivity index (χ3n) is 3.02. The zero-order chi connectivity index (χ0) is 13.7. The Bertz CT molecular complexity index is 584. The lowest BCUT2D eigenvalue weighted by atomic mass is 10.0. The zero-order valence-electron chi connectivity index (χ0n) is 11.2. The summed E-state index contributed by atoms with van der Waals surface area (Å²) in [5.74, 6) is -0.0449. The number of rotatable bonds is 4. The molecule has 0 spiro atoms. The molecule has 0 aliphatic carbocycles. The Morgan fingerprint density at radius 3 is 2.42 bits per heavy atom. The quantitative estimate of drug-likeness (QED) is 0.772. The first kappa shape index (κ1) is 13.2. The molecule has 0 saturated heterocycles. The zero-order valence-corrected chi connectivity index (χ0v) is 11.2. The summed E-state index contributed by atoms with van der Waals surface area (Å²) in [5, 5.41) is 0. The van der Waals surface area contributed by atoms with Crippen molar-refractivity contribution in [1.29, 1.82) is 0 Å². The first-order valence-electron chi connectivity index (χ1n) is 6.36. The van der Waals surface area contributed by atoms with Crippen LogP contribution in [0.5, 0.6) is 0 Å². The Balaban J connectivity index is 2.13. The molecular formula is C17H17NO. The molecule has 19 heavy (non-hydrogen) atoms. The normalized spacial score (nSPS) is 12.5. The predicted octanol–water partition coefficient (Wildman–Crippen LogP) is 3.86. The van der Waals surface area contributed by atoms with Gasteiger partial charge in [-0.3, -0.25) is 4.98 Å². The highest BCUT2D eigenvalue weighted by Crippen LogP contribution is 2.15. The molecule has 0 amide bonds. The maximum Gasteiger partial charge on any atom is 0.127 e. The van der Waals surface area contributed by atoms with E-state index >= 15 is 0 Å². The van der Waals surface area contributed by atoms with Gasteiger partial charge in [0.2, 0.25) is 0 Å². The number of aryl methyl sites for hydroxylation is 1. The Kier molecular flexibility index (Phi) is 4.24. The van der Waals surface area contributed by atoms with Gasteiger partial charge in [-0.1, -0.05) is 43.3 Å². The van der Waals surface area contributed by atoms with E-state index in [2.05, 4.69) is 4.98 Å². The third-order valence-corrected chi connectivity index (χ3v) is 3.02. The number of benzene rings is 1. The molecule has 0 bridgehead atoms. The SMILES string of the molecule is Cc1cccc(C=Cc2ccc(C(C)C=O)cc2)n1. The smallest absolute Gasteiger partial charge is 0.127 e. The van der Waals surface area contributed by atoms with Gasteiger partial charge in [0, 0.05) is 11.6 Å². The summed E-state index contributed by atoms with van der Waals surface area (Å²) in [6.07, 6.45) is 4.98. The number of aldehydes is 1. The number of carbonyl (C=O) groups excluding carboxylic acids is 1. The third kappa shape index (κ3) is 3.62. The molecule has 0 fully saturated rings. The van der Waals surface area contributed by atoms with Crippen LogP contribution in [0.3, 0.4) is 0 Å². The fourth-order valence-electron chi connectivity index (χ4n) is 1.83. The van der Waals surface area contributed by atoms with E-state index in [1.165, 1.54) is 0 Å². The Morgan fingerprint density at radius 2 is 1.79 bits per heavy atom. The maximum absolute atomic E-state index is 10.7. The molecule has 1 aromatic carbocycles. The molecule has 0 radical (unpaired) electrons. The van der Waals surface area contributed by atoms with Gasteiger partial charge in [-0.2, -0.15) is 0 Å². The minimum absolute atomic E-state index is 0.0449. The number of nitrogens with zero attached hydrogens (tertiary/aromatic N) is 1. The maximum atomic E-state index is 10.7. The molecule has 1 heterocycles. The van der Waals surface area contributed by atoms with Crippen LogP contribution >= 0.6 is 0 Å². The van der Waals surface area contributed by atoms with Gasteiger partial charge in [0.15, 0.2) is 0 Å². The molecule has 96 valence electrons. The van der Waals surface area contributed by atoms with Gasteiger partial charge in [-0.25, -0.2) is 0 Å². The molecular weight excluding hydrogens is 234 g/mol. The summed E-state index contributed by atoms with van der Waals surface area (Å²) in [7, 11) is 0. The second-order valence-electron chi connectivity index (χ2n) is 4.63. The van der Waals surface area contributed by atoms with E-state index in [0.717, 1.165) is 28.8 Å². The van der Waals surface area contributed by atoms with E-state index in [0.29, 0.717) is 0 Å². The summed E-state index contributed by atoms with van der Waals surface area (Å²) in [6, 6.07) is 14.0. The number of hydrogen-bond donors (Lipinski definition) is 0. The van der Waals surface area contributed by atoms with Crippen LogP contribution in [0.25, 0.3) is 12.2 Å². The van der Waals surface area contributed by atoms with E-state index in [4.69, 9.17) is 0 Å². The second-order valence-corrected chi connectivity index (χ2v) is 4.63. The van der Waals surface area contributed by atoms with Gasteiger partial charge < -0.3 is 4.79 Å². The van der Waals surface area contributed by atoms with Crippen molar-refractivity contribution in [2.75, 3.05) is 0 Å². The lowest BCUT2D eigenvalue weighted by molar-refractivity contribution is -0.108. The van der Waals surface area contributed by atoms with E-state index in [9.17, 15) is 4.79 Å². The largest absolute Gasteiger partial charge is 0.303 e. The molecule has 1 aromatic heterocycles. The molecule has 2 rings (SSSR count). The van der Waals surface area contributed by atoms with Crippen LogP contribution in [0.15, 0.2) is 42.5 Å². The van der Waals surface area contributed by atoms with Crippen LogP contribution in [0.4, 0.5) is 0 Å². The summed E-state index contributed by atoms with van der Waals surface area (Å²) in [5.41, 5.74) is 4.11. The molecule has 2 aromatic rings. The molecule has 0 aliphatic rings. The second kappa shape index (κ2) is 6.10. The first-order valence-corrected chi connectivity index (χ1v) is 6.36. The van der Waals surface area contributed by atoms with Crippen LogP contribution < -0.4 is 0 Å². The van der Waals surface area contributed by atoms with Gasteiger partial charge in [0.25, 0.3) is 0 Å². The molecule has 2 nitrogen and oxygen atoms in total. The van der Waals surface area contributed by atoms with Crippen molar-refractivity contribution >= 4 is 18.4 Å². The van der Waals surface area contributed by atoms with Crippen LogP contribution in [-0.2, 0) is 4.79 Å². The summed E-state index contributed by atoms with van der Waals surface area (Å²) < 4.78 is 0. The Hall–Kier alpha value is -2.22. The van der Waals surface area contributed by atoms with E-state index in [-0.39, 0.29) is 5.92 Å². The summed E-state index contributed by atoms with van der Waals surface area (Å²) in [6.45, 7) is 3.88. The fourth-order valence-corrected chi connectivity index (χ4v) is 1.83. The number of hydrogen-bond acceptors (Lipinski definition) is 2. The topological polar surface area (TPSA) is 30.0 Å². The van der Waals surface area contributed by atoms with Gasteiger partial charge in [0.05, 0.1) is 5.69 Å². The standard InChI is InChI=1S/C17H17NO/c1-13(12-19)16-9-6-15(7-10-16)8-11-17-5-3-4-14(2)18-17/h3-13H,1-2H3. The van der Waals surface area contributed by atoms with Crippen molar-refractivity contribution in [2.45, 2.75) is 19.8 Å². The molecule has 1 unspecified atom stereocenters. The highest BCUT2D eigenvalue weighted by atomic mass is 16.1. The van der Waals surface area contributed by atoms with Crippen molar-refractivity contribution in [2.24, 2.45) is 0 Å². The minimum Gasteiger partial charge on any atom is -0.303 e. The van der Waals surface area contributed by atoms with Gasteiger partial charge in [-0.05, 0) is 36.3 Å². The van der Waals surface area contributed by atoms with E-state index < -0.39 is 0 Å². The van der Waals surface area contributed by atoms with Crippen molar-refractivity contribution in [3.8, 4) is 0 Å². The van der Waals surface area contributed by atoms with Crippen molar-refractivity contribution in [3.05, 3.63) is 65.0 Å². The lowest BCUT2D eigenvalue weighted by Crippen LogP contribution is -1.93. The van der Waals surface area contributed by atoms with Crippen LogP contribution in [-0.4, -0.2) is 11.3 Å². The minimum atomic E-state index is -0.0449. The van der Waals surface area contributed by atoms with Crippen molar-refractivity contribution < 1.29 is 4.79 Å². The first-order chi connectivity index (χ1) is 9.19. The monoisotopic (exact) mass is 251 g/mol. The molecule has 2 heteroatoms. The number of pyridine rings is 1. The predicted molar refractivity (Wildman–Crippen MR) is 78.8 cm³/mol. The van der Waals surface area contributed by atoms with Crippen LogP contribution in [0.2, 0.25) is 0 Å². The number of carbonyl (C=O) groups is 1. The molecule has 1 atom stereocenters.